The Labute approximate surface area is 70.9 Å². The van der Waals surface area contributed by atoms with Gasteiger partial charge in [0.05, 0.1) is 0 Å². The molecular weight excluding hydrogens is 132 g/mol. The molecule has 0 amide bonds. The van der Waals surface area contributed by atoms with Gasteiger partial charge in [-0.2, -0.15) is 0 Å². The van der Waals surface area contributed by atoms with Crippen LogP contribution < -0.4 is 0 Å². The molecule has 0 heterocycles. The molecule has 0 atom stereocenters. The minimum atomic E-state index is 0. The maximum Gasteiger partial charge on any atom is 2.00 e. The van der Waals surface area contributed by atoms with E-state index in [0.717, 1.165) is 0 Å². The molecule has 7 heavy (non-hydrogen) atoms. The number of rotatable bonds is 0. The van der Waals surface area contributed by atoms with Crippen LogP contribution in [0.2, 0.25) is 0 Å². The zero-order valence-electron chi connectivity index (χ0n) is 3.40. The number of carbonyl (C=O) groups excluding carboxylic acids is 1. The van der Waals surface area contributed by atoms with Crippen molar-refractivity contribution < 1.29 is 26.7 Å². The third-order valence-electron chi connectivity index (χ3n) is 0. The van der Waals surface area contributed by atoms with E-state index in [-0.39, 0.29) is 59.6 Å². The summed E-state index contributed by atoms with van der Waals surface area (Å²) in [6.45, 7) is 4.50. The SMILES string of the molecule is [C+2]=O.[Ca+2].[OH-].[OH-].[OH-].[OH-]. The molecule has 4 N–H and O–H groups in total. The van der Waals surface area contributed by atoms with Crippen LogP contribution in [0.3, 0.4) is 0 Å². The maximum absolute atomic E-state index is 7.50. The van der Waals surface area contributed by atoms with Crippen LogP contribution in [0, 0.1) is 0 Å². The van der Waals surface area contributed by atoms with E-state index in [1.54, 1.807) is 0 Å². The summed E-state index contributed by atoms with van der Waals surface area (Å²) in [4.78, 5) is 7.50. The molecule has 0 aliphatic heterocycles. The van der Waals surface area contributed by atoms with Crippen molar-refractivity contribution in [2.45, 2.75) is 0 Å². The molecular formula is CH4CaO5. The second-order valence-corrected chi connectivity index (χ2v) is 0. The molecule has 0 aromatic rings. The average Bonchev–Trinajstić information content (AvgIpc) is 1.00. The van der Waals surface area contributed by atoms with Crippen LogP contribution in [0.5, 0.6) is 0 Å². The molecule has 40 valence electrons. The molecule has 6 heteroatoms. The predicted octanol–water partition coefficient (Wildman–Crippen LogP) is -1.49. The van der Waals surface area contributed by atoms with E-state index < -0.39 is 0 Å². The summed E-state index contributed by atoms with van der Waals surface area (Å²) in [6.07, 6.45) is 0. The molecule has 0 saturated heterocycles. The van der Waals surface area contributed by atoms with Gasteiger partial charge in [-0.25, -0.2) is 0 Å². The van der Waals surface area contributed by atoms with Crippen LogP contribution in [0.25, 0.3) is 0 Å². The van der Waals surface area contributed by atoms with E-state index in [1.165, 1.54) is 0 Å². The van der Waals surface area contributed by atoms with Crippen LogP contribution in [0.15, 0.2) is 0 Å². The maximum atomic E-state index is 7.50. The van der Waals surface area contributed by atoms with Crippen LogP contribution in [0.4, 0.5) is 0 Å². The van der Waals surface area contributed by atoms with Crippen molar-refractivity contribution in [3.63, 3.8) is 0 Å². The van der Waals surface area contributed by atoms with Gasteiger partial charge in [-0.15, -0.1) is 0 Å². The summed E-state index contributed by atoms with van der Waals surface area (Å²) in [7, 11) is 0. The first kappa shape index (κ1) is 104. The fourth-order valence-corrected chi connectivity index (χ4v) is 0. The van der Waals surface area contributed by atoms with Gasteiger partial charge in [0.15, 0.2) is 0 Å². The Kier molecular flexibility index (Phi) is 4420. The zero-order chi connectivity index (χ0) is 2.00. The van der Waals surface area contributed by atoms with Gasteiger partial charge in [0.1, 0.15) is 0 Å². The molecule has 0 unspecified atom stereocenters. The van der Waals surface area contributed by atoms with Crippen molar-refractivity contribution >= 4 is 44.5 Å². The summed E-state index contributed by atoms with van der Waals surface area (Å²) in [6, 6.07) is 0. The van der Waals surface area contributed by atoms with Gasteiger partial charge in [0, 0.05) is 0 Å². The molecule has 0 radical (unpaired) electrons. The van der Waals surface area contributed by atoms with Gasteiger partial charge in [-0.3, -0.25) is 0 Å². The summed E-state index contributed by atoms with van der Waals surface area (Å²) in [5, 5.41) is 0. The van der Waals surface area contributed by atoms with E-state index in [0.29, 0.717) is 0 Å². The third kappa shape index (κ3) is 205. The fraction of sp³-hybridized carbons (Fsp3) is 0. The van der Waals surface area contributed by atoms with E-state index >= 15 is 0 Å². The van der Waals surface area contributed by atoms with Crippen LogP contribution in [-0.2, 0) is 4.79 Å². The van der Waals surface area contributed by atoms with Crippen molar-refractivity contribution in [1.29, 1.82) is 0 Å². The molecule has 0 aliphatic rings. The minimum absolute atomic E-state index is 0. The van der Waals surface area contributed by atoms with E-state index in [9.17, 15) is 0 Å². The first-order chi connectivity index (χ1) is 1.00. The Morgan fingerprint density at radius 3 is 0.714 bits per heavy atom. The van der Waals surface area contributed by atoms with Crippen molar-refractivity contribution in [2.75, 3.05) is 0 Å². The molecule has 0 rings (SSSR count). The van der Waals surface area contributed by atoms with Gasteiger partial charge < -0.3 is 21.9 Å². The second kappa shape index (κ2) is 297. The smallest absolute Gasteiger partial charge is 0.870 e. The Hall–Kier alpha value is 0.900. The predicted molar refractivity (Wildman–Crippen MR) is 19.2 cm³/mol. The van der Waals surface area contributed by atoms with Crippen molar-refractivity contribution in [2.24, 2.45) is 0 Å². The molecule has 0 bridgehead atoms. The molecule has 0 fully saturated rings. The van der Waals surface area contributed by atoms with Crippen molar-refractivity contribution in [3.8, 4) is 0 Å². The van der Waals surface area contributed by atoms with Gasteiger partial charge in [0.2, 0.25) is 0 Å². The first-order valence-corrected chi connectivity index (χ1v) is 0.204. The third-order valence-corrected chi connectivity index (χ3v) is 0. The van der Waals surface area contributed by atoms with Gasteiger partial charge >= 0.3 is 49.3 Å². The molecule has 5 nitrogen and oxygen atoms in total. The Balaban J connectivity index is -0.000000000500. The monoisotopic (exact) mass is 136 g/mol. The molecule has 0 spiro atoms. The molecule has 0 saturated carbocycles. The Morgan fingerprint density at radius 1 is 0.714 bits per heavy atom. The Morgan fingerprint density at radius 2 is 0.714 bits per heavy atom. The number of hydrogen-bond acceptors (Lipinski definition) is 5. The van der Waals surface area contributed by atoms with E-state index in [1.807, 2.05) is 0 Å². The fourth-order valence-electron chi connectivity index (χ4n) is 0. The first-order valence-electron chi connectivity index (χ1n) is 0.204. The topological polar surface area (TPSA) is 137 Å². The summed E-state index contributed by atoms with van der Waals surface area (Å²) in [5.74, 6) is 0. The van der Waals surface area contributed by atoms with Crippen LogP contribution in [-0.4, -0.2) is 66.4 Å². The number of hydrogen-bond donors (Lipinski definition) is 0. The molecule has 0 aliphatic carbocycles. The summed E-state index contributed by atoms with van der Waals surface area (Å²) >= 11 is 0. The quantitative estimate of drug-likeness (QED) is 0.373. The minimum Gasteiger partial charge on any atom is -0.870 e. The second-order valence-electron chi connectivity index (χ2n) is 0. The van der Waals surface area contributed by atoms with E-state index in [2.05, 4.69) is 6.79 Å². The van der Waals surface area contributed by atoms with Crippen LogP contribution >= 0.6 is 0 Å². The largest absolute Gasteiger partial charge is 2.00 e. The van der Waals surface area contributed by atoms with Gasteiger partial charge in [0.25, 0.3) is 0 Å². The van der Waals surface area contributed by atoms with Gasteiger partial charge in [-0.1, -0.05) is 0 Å². The van der Waals surface area contributed by atoms with Crippen LogP contribution in [0.1, 0.15) is 0 Å². The average molecular weight is 136 g/mol. The summed E-state index contributed by atoms with van der Waals surface area (Å²) < 4.78 is 0. The molecule has 0 aromatic heterocycles. The standard InChI is InChI=1S/CO.Ca.4H2O/c1-2;;;;;/h;;4*1H2/q2*+2;;;;/p-4. The van der Waals surface area contributed by atoms with Crippen molar-refractivity contribution in [3.05, 3.63) is 0 Å². The normalized spacial score (nSPS) is 0.857. The zero-order valence-corrected chi connectivity index (χ0v) is 5.61. The van der Waals surface area contributed by atoms with Gasteiger partial charge in [-0.05, 0) is 0 Å². The summed E-state index contributed by atoms with van der Waals surface area (Å²) in [5.41, 5.74) is 0. The Bertz CT molecular complexity index is 8.04. The molecule has 0 aromatic carbocycles. The van der Waals surface area contributed by atoms with E-state index in [4.69, 9.17) is 4.79 Å². The van der Waals surface area contributed by atoms with Crippen molar-refractivity contribution in [1.82, 2.24) is 0 Å².